The standard InChI is InChI=1S/C44H54FN11O6S/c1-26-24-52(18-19-54(26)29-10-11-33-37(22-29)51(3)50-39(33)55-17-13-38(58)48-43(55)60)27(2)28-6-4-9-32(20-28)63(61,62)53-16-12-36(35(45)25-53)47-42-46-23-34-40(49-42)56(41(59)44(34)14-15-44)30-7-5-8-31(57)21-30/h4,6,9-11,20,22-23,26-27,30-31,35-36,57H,5,7-8,12-19,21,24-25H2,1-3H3,(H,46,47,49)(H,48,58,60)/t26-,27-,30+,31+,35+,36?/m0/s1. The van der Waals surface area contributed by atoms with Crippen molar-refractivity contribution in [1.82, 2.24) is 34.3 Å². The smallest absolute Gasteiger partial charge is 0.329 e. The number of imide groups is 1. The van der Waals surface area contributed by atoms with Crippen molar-refractivity contribution in [1.29, 1.82) is 0 Å². The van der Waals surface area contributed by atoms with E-state index < -0.39 is 39.8 Å². The van der Waals surface area contributed by atoms with Gasteiger partial charge in [-0.25, -0.2) is 22.6 Å². The Kier molecular flexibility index (Phi) is 10.5. The summed E-state index contributed by atoms with van der Waals surface area (Å²) in [5, 5.41) is 21.3. The zero-order valence-corrected chi connectivity index (χ0v) is 36.6. The Labute approximate surface area is 365 Å². The van der Waals surface area contributed by atoms with E-state index in [1.807, 2.05) is 25.2 Å². The molecular formula is C44H54FN11O6S. The number of aryl methyl sites for hydroxylation is 1. The number of fused-ring (bicyclic) bond motifs is 3. The molecule has 19 heteroatoms. The van der Waals surface area contributed by atoms with Gasteiger partial charge in [0.05, 0.1) is 28.0 Å². The van der Waals surface area contributed by atoms with Gasteiger partial charge in [0.2, 0.25) is 27.8 Å². The van der Waals surface area contributed by atoms with E-state index in [9.17, 15) is 27.9 Å². The predicted molar refractivity (Wildman–Crippen MR) is 234 cm³/mol. The number of carbonyl (C=O) groups excluding carboxylic acids is 3. The van der Waals surface area contributed by atoms with E-state index in [0.29, 0.717) is 24.5 Å². The molecule has 4 aliphatic heterocycles. The predicted octanol–water partition coefficient (Wildman–Crippen LogP) is 3.98. The van der Waals surface area contributed by atoms with Crippen LogP contribution in [0.25, 0.3) is 10.9 Å². The number of benzene rings is 2. The number of alkyl halides is 1. The molecule has 63 heavy (non-hydrogen) atoms. The zero-order chi connectivity index (χ0) is 43.9. The number of rotatable bonds is 9. The lowest BCUT2D eigenvalue weighted by atomic mass is 9.92. The molecule has 4 amide bonds. The monoisotopic (exact) mass is 883 g/mol. The van der Waals surface area contributed by atoms with E-state index in [4.69, 9.17) is 4.98 Å². The summed E-state index contributed by atoms with van der Waals surface area (Å²) in [5.41, 5.74) is 2.96. The molecule has 4 aromatic rings. The highest BCUT2D eigenvalue weighted by molar-refractivity contribution is 7.89. The molecule has 6 atom stereocenters. The number of nitrogens with one attached hydrogen (secondary N) is 2. The highest BCUT2D eigenvalue weighted by Crippen LogP contribution is 2.57. The van der Waals surface area contributed by atoms with Crippen LogP contribution in [0.3, 0.4) is 0 Å². The Morgan fingerprint density at radius 2 is 1.83 bits per heavy atom. The van der Waals surface area contributed by atoms with Gasteiger partial charge in [-0.15, -0.1) is 0 Å². The van der Waals surface area contributed by atoms with Crippen LogP contribution in [0.15, 0.2) is 53.6 Å². The first kappa shape index (κ1) is 41.8. The molecule has 2 aromatic heterocycles. The quantitative estimate of drug-likeness (QED) is 0.220. The first-order valence-corrected chi connectivity index (χ1v) is 23.6. The molecule has 6 aliphatic rings. The van der Waals surface area contributed by atoms with Crippen LogP contribution in [0.5, 0.6) is 0 Å². The van der Waals surface area contributed by atoms with Crippen molar-refractivity contribution in [2.45, 2.75) is 112 Å². The summed E-state index contributed by atoms with van der Waals surface area (Å²) < 4.78 is 47.1. The maximum atomic E-state index is 16.0. The molecule has 10 rings (SSSR count). The number of aliphatic hydroxyl groups is 1. The van der Waals surface area contributed by atoms with Crippen molar-refractivity contribution in [3.63, 3.8) is 0 Å². The molecule has 1 spiro atoms. The van der Waals surface area contributed by atoms with Crippen molar-refractivity contribution in [3.8, 4) is 0 Å². The summed E-state index contributed by atoms with van der Waals surface area (Å²) in [5.74, 6) is 0.981. The molecule has 3 saturated heterocycles. The van der Waals surface area contributed by atoms with Crippen LogP contribution in [0.1, 0.15) is 82.4 Å². The minimum absolute atomic E-state index is 0.0140. The van der Waals surface area contributed by atoms with E-state index in [-0.39, 0.29) is 73.3 Å². The minimum Gasteiger partial charge on any atom is -0.393 e. The second-order valence-electron chi connectivity index (χ2n) is 18.3. The molecular weight excluding hydrogens is 830 g/mol. The number of aliphatic hydroxyl groups excluding tert-OH is 1. The summed E-state index contributed by atoms with van der Waals surface area (Å²) in [6.07, 6.45) is 4.40. The number of sulfonamides is 1. The summed E-state index contributed by atoms with van der Waals surface area (Å²) in [7, 11) is -2.17. The molecule has 2 saturated carbocycles. The van der Waals surface area contributed by atoms with Crippen LogP contribution in [0.2, 0.25) is 0 Å². The van der Waals surface area contributed by atoms with Gasteiger partial charge in [-0.05, 0) is 94.7 Å². The number of piperazine rings is 1. The molecule has 17 nitrogen and oxygen atoms in total. The zero-order valence-electron chi connectivity index (χ0n) is 35.8. The van der Waals surface area contributed by atoms with Gasteiger partial charge in [0.1, 0.15) is 12.0 Å². The number of hydrogen-bond acceptors (Lipinski definition) is 12. The SMILES string of the molecule is C[C@@H](c1cccc(S(=O)(=O)N2CCC(Nc3ncc4c(n3)N([C@@H]3CCC[C@@H](O)C3)C(=O)C43CC3)[C@H](F)C2)c1)N1CCN(c2ccc3c(N4CCC(=O)NC4=O)nn(C)c3c2)[C@@H](C)C1. The van der Waals surface area contributed by atoms with Gasteiger partial charge in [0.15, 0.2) is 5.82 Å². The first-order chi connectivity index (χ1) is 30.2. The third kappa shape index (κ3) is 7.29. The van der Waals surface area contributed by atoms with Crippen molar-refractivity contribution >= 4 is 62.0 Å². The highest BCUT2D eigenvalue weighted by Gasteiger charge is 2.61. The van der Waals surface area contributed by atoms with E-state index in [0.717, 1.165) is 73.0 Å². The summed E-state index contributed by atoms with van der Waals surface area (Å²) in [6, 6.07) is 11.8. The van der Waals surface area contributed by atoms with Gasteiger partial charge >= 0.3 is 6.03 Å². The number of aromatic nitrogens is 4. The van der Waals surface area contributed by atoms with Crippen molar-refractivity contribution in [3.05, 3.63) is 59.8 Å². The molecule has 1 unspecified atom stereocenters. The van der Waals surface area contributed by atoms with Crippen molar-refractivity contribution < 1.29 is 32.3 Å². The fraction of sp³-hybridized carbons (Fsp3) is 0.545. The van der Waals surface area contributed by atoms with E-state index in [1.165, 1.54) is 9.21 Å². The summed E-state index contributed by atoms with van der Waals surface area (Å²) in [6.45, 7) is 6.49. The molecule has 2 aromatic carbocycles. The number of piperidine rings is 1. The minimum atomic E-state index is -4.01. The van der Waals surface area contributed by atoms with Crippen LogP contribution >= 0.6 is 0 Å². The van der Waals surface area contributed by atoms with Gasteiger partial charge in [0, 0.05) is 93.7 Å². The maximum absolute atomic E-state index is 16.0. The molecule has 5 fully saturated rings. The van der Waals surface area contributed by atoms with Crippen LogP contribution in [-0.2, 0) is 32.1 Å². The number of carbonyl (C=O) groups is 3. The van der Waals surface area contributed by atoms with Gasteiger partial charge in [-0.2, -0.15) is 14.4 Å². The Balaban J connectivity index is 0.778. The van der Waals surface area contributed by atoms with Gasteiger partial charge < -0.3 is 15.3 Å². The van der Waals surface area contributed by atoms with Crippen LogP contribution in [-0.4, -0.2) is 130 Å². The lowest BCUT2D eigenvalue weighted by Gasteiger charge is -2.43. The fourth-order valence-electron chi connectivity index (χ4n) is 10.5. The van der Waals surface area contributed by atoms with Gasteiger partial charge in [0.25, 0.3) is 0 Å². The van der Waals surface area contributed by atoms with Crippen LogP contribution in [0.4, 0.5) is 32.5 Å². The number of anilines is 4. The Morgan fingerprint density at radius 3 is 2.57 bits per heavy atom. The average molecular weight is 884 g/mol. The lowest BCUT2D eigenvalue weighted by molar-refractivity contribution is -0.121. The van der Waals surface area contributed by atoms with E-state index >= 15 is 4.39 Å². The van der Waals surface area contributed by atoms with Crippen LogP contribution < -0.4 is 25.3 Å². The van der Waals surface area contributed by atoms with E-state index in [1.54, 1.807) is 34.0 Å². The number of hydrogen-bond donors (Lipinski definition) is 3. The normalized spacial score (nSPS) is 27.2. The second-order valence-corrected chi connectivity index (χ2v) is 20.2. The first-order valence-electron chi connectivity index (χ1n) is 22.2. The largest absolute Gasteiger partial charge is 0.393 e. The number of amides is 4. The molecule has 334 valence electrons. The average Bonchev–Trinajstić information content (AvgIpc) is 3.96. The third-order valence-electron chi connectivity index (χ3n) is 14.3. The Bertz CT molecular complexity index is 2610. The second kappa shape index (κ2) is 15.8. The summed E-state index contributed by atoms with van der Waals surface area (Å²) >= 11 is 0. The number of nitrogens with zero attached hydrogens (tertiary/aromatic N) is 9. The van der Waals surface area contributed by atoms with Gasteiger partial charge in [-0.3, -0.25) is 34.3 Å². The molecule has 0 bridgehead atoms. The molecule has 0 radical (unpaired) electrons. The molecule has 3 N–H and O–H groups in total. The number of urea groups is 1. The van der Waals surface area contributed by atoms with Crippen molar-refractivity contribution in [2.75, 3.05) is 59.3 Å². The number of halogens is 1. The van der Waals surface area contributed by atoms with Crippen LogP contribution in [0, 0.1) is 0 Å². The molecule has 6 heterocycles. The Morgan fingerprint density at radius 1 is 1.00 bits per heavy atom. The van der Waals surface area contributed by atoms with E-state index in [2.05, 4.69) is 50.4 Å². The summed E-state index contributed by atoms with van der Waals surface area (Å²) in [4.78, 5) is 55.3. The van der Waals surface area contributed by atoms with Gasteiger partial charge in [-0.1, -0.05) is 12.1 Å². The Hall–Kier alpha value is -5.24. The van der Waals surface area contributed by atoms with Crippen molar-refractivity contribution in [2.24, 2.45) is 7.05 Å². The third-order valence-corrected chi connectivity index (χ3v) is 16.2. The topological polar surface area (TPSA) is 189 Å². The fourth-order valence-corrected chi connectivity index (χ4v) is 12.1. The lowest BCUT2D eigenvalue weighted by Crippen LogP contribution is -2.52. The molecule has 2 aliphatic carbocycles. The highest BCUT2D eigenvalue weighted by atomic mass is 32.2. The maximum Gasteiger partial charge on any atom is 0.329 e.